The minimum atomic E-state index is -2.61. The van der Waals surface area contributed by atoms with Gasteiger partial charge in [-0.25, -0.2) is 13.8 Å². The summed E-state index contributed by atoms with van der Waals surface area (Å²) in [7, 11) is 0. The van der Waals surface area contributed by atoms with Gasteiger partial charge in [0.25, 0.3) is 0 Å². The molecule has 4 aromatic rings. The first-order valence-corrected chi connectivity index (χ1v) is 11.1. The number of alkyl halides is 2. The molecule has 5 rings (SSSR count). The second kappa shape index (κ2) is 8.76. The number of ketones is 1. The fraction of sp³-hybridized carbons (Fsp3) is 0.391. The first kappa shape index (κ1) is 21.3. The largest absolute Gasteiger partial charge is 0.300 e. The van der Waals surface area contributed by atoms with Gasteiger partial charge in [0.2, 0.25) is 11.7 Å². The number of H-pyrrole nitrogens is 1. The van der Waals surface area contributed by atoms with Crippen molar-refractivity contribution in [3.63, 3.8) is 0 Å². The Balaban J connectivity index is 1.35. The summed E-state index contributed by atoms with van der Waals surface area (Å²) in [6, 6.07) is 5.58. The van der Waals surface area contributed by atoms with Crippen LogP contribution in [0, 0.1) is 5.92 Å². The fourth-order valence-electron chi connectivity index (χ4n) is 4.44. The third-order valence-electron chi connectivity index (χ3n) is 6.25. The molecule has 1 aliphatic carbocycles. The molecular weight excluding hydrogens is 428 g/mol. The Morgan fingerprint density at radius 3 is 2.91 bits per heavy atom. The molecule has 1 saturated carbocycles. The monoisotopic (exact) mass is 451 g/mol. The van der Waals surface area contributed by atoms with Crippen molar-refractivity contribution < 1.29 is 13.6 Å². The van der Waals surface area contributed by atoms with Crippen LogP contribution in [0.5, 0.6) is 0 Å². The van der Waals surface area contributed by atoms with E-state index in [-0.39, 0.29) is 31.0 Å². The van der Waals surface area contributed by atoms with Crippen LogP contribution >= 0.6 is 0 Å². The van der Waals surface area contributed by atoms with Gasteiger partial charge in [0.1, 0.15) is 5.65 Å². The van der Waals surface area contributed by atoms with Gasteiger partial charge in [-0.15, -0.1) is 10.2 Å². The lowest BCUT2D eigenvalue weighted by molar-refractivity contribution is -0.0292. The molecule has 33 heavy (non-hydrogen) atoms. The van der Waals surface area contributed by atoms with Crippen LogP contribution in [0.2, 0.25) is 0 Å². The third-order valence-corrected chi connectivity index (χ3v) is 6.25. The highest BCUT2D eigenvalue weighted by Crippen LogP contribution is 2.35. The molecule has 0 aromatic carbocycles. The van der Waals surface area contributed by atoms with E-state index in [0.717, 1.165) is 23.9 Å². The fourth-order valence-corrected chi connectivity index (χ4v) is 4.44. The molecule has 1 unspecified atom stereocenters. The van der Waals surface area contributed by atoms with Gasteiger partial charge in [-0.2, -0.15) is 5.21 Å². The number of hydrogen-bond donors (Lipinski definition) is 1. The van der Waals surface area contributed by atoms with Crippen molar-refractivity contribution in [3.05, 3.63) is 48.5 Å². The molecule has 0 radical (unpaired) electrons. The van der Waals surface area contributed by atoms with Crippen molar-refractivity contribution in [2.24, 2.45) is 5.92 Å². The van der Waals surface area contributed by atoms with Crippen molar-refractivity contribution in [2.45, 2.75) is 50.9 Å². The Bertz CT molecular complexity index is 1270. The lowest BCUT2D eigenvalue weighted by atomic mass is 9.85. The van der Waals surface area contributed by atoms with E-state index in [9.17, 15) is 13.6 Å². The smallest absolute Gasteiger partial charge is 0.248 e. The first-order valence-electron chi connectivity index (χ1n) is 11.1. The minimum Gasteiger partial charge on any atom is -0.300 e. The molecule has 0 bridgehead atoms. The molecule has 170 valence electrons. The molecule has 10 heteroatoms. The highest BCUT2D eigenvalue weighted by molar-refractivity contribution is 5.98. The SMILES string of the molecule is O=C(CC1CCCCC(F)(F)CC1)c1cnc2c(ccn2-c2cncc(-c3nn[nH]n3)c2)c1. The summed E-state index contributed by atoms with van der Waals surface area (Å²) in [5, 5.41) is 14.8. The molecule has 4 aromatic heterocycles. The topological polar surface area (TPSA) is 102 Å². The second-order valence-electron chi connectivity index (χ2n) is 8.62. The molecule has 0 aliphatic heterocycles. The Hall–Kier alpha value is -3.56. The average molecular weight is 451 g/mol. The molecule has 0 saturated heterocycles. The number of tetrazole rings is 1. The predicted octanol–water partition coefficient (Wildman–Crippen LogP) is 4.78. The molecule has 1 fully saturated rings. The number of halogens is 2. The number of fused-ring (bicyclic) bond motifs is 1. The van der Waals surface area contributed by atoms with Crippen LogP contribution in [0.25, 0.3) is 28.1 Å². The van der Waals surface area contributed by atoms with E-state index < -0.39 is 5.92 Å². The molecule has 1 atom stereocenters. The van der Waals surface area contributed by atoms with Gasteiger partial charge in [0.05, 0.1) is 11.9 Å². The Morgan fingerprint density at radius 1 is 1.15 bits per heavy atom. The number of nitrogens with zero attached hydrogens (tertiary/aromatic N) is 6. The van der Waals surface area contributed by atoms with Crippen molar-refractivity contribution in [1.29, 1.82) is 0 Å². The third kappa shape index (κ3) is 4.64. The van der Waals surface area contributed by atoms with E-state index in [0.29, 0.717) is 35.4 Å². The standard InChI is InChI=1S/C23H23F2N7O/c24-23(25)6-2-1-3-15(4-7-23)9-20(33)17-10-16-5-8-32(22(16)27-13-17)19-11-18(12-26-14-19)21-28-30-31-29-21/h5,8,10-15H,1-4,6-7,9H2,(H,28,29,30,31). The number of aromatic amines is 1. The minimum absolute atomic E-state index is 0.0112. The first-order chi connectivity index (χ1) is 16.0. The summed E-state index contributed by atoms with van der Waals surface area (Å²) in [5.41, 5.74) is 2.67. The summed E-state index contributed by atoms with van der Waals surface area (Å²) in [4.78, 5) is 21.7. The average Bonchev–Trinajstić information content (AvgIpc) is 3.49. The predicted molar refractivity (Wildman–Crippen MR) is 117 cm³/mol. The Kier molecular flexibility index (Phi) is 5.65. The number of hydrogen-bond acceptors (Lipinski definition) is 6. The zero-order chi connectivity index (χ0) is 22.8. The molecule has 4 heterocycles. The van der Waals surface area contributed by atoms with Gasteiger partial charge in [-0.05, 0) is 42.2 Å². The molecule has 8 nitrogen and oxygen atoms in total. The van der Waals surface area contributed by atoms with E-state index in [1.54, 1.807) is 18.6 Å². The van der Waals surface area contributed by atoms with Crippen molar-refractivity contribution >= 4 is 16.8 Å². The van der Waals surface area contributed by atoms with Crippen LogP contribution in [-0.4, -0.2) is 46.9 Å². The van der Waals surface area contributed by atoms with Gasteiger partial charge < -0.3 is 0 Å². The van der Waals surface area contributed by atoms with Gasteiger partial charge in [0, 0.05) is 54.4 Å². The number of pyridine rings is 2. The van der Waals surface area contributed by atoms with Crippen LogP contribution in [-0.2, 0) is 0 Å². The van der Waals surface area contributed by atoms with Crippen LogP contribution in [0.15, 0.2) is 43.0 Å². The van der Waals surface area contributed by atoms with E-state index >= 15 is 0 Å². The lowest BCUT2D eigenvalue weighted by Crippen LogP contribution is -2.21. The number of carbonyl (C=O) groups excluding carboxylic acids is 1. The van der Waals surface area contributed by atoms with Gasteiger partial charge in [0.15, 0.2) is 5.78 Å². The highest BCUT2D eigenvalue weighted by Gasteiger charge is 2.31. The number of rotatable bonds is 5. The highest BCUT2D eigenvalue weighted by atomic mass is 19.3. The van der Waals surface area contributed by atoms with Crippen LogP contribution in [0.4, 0.5) is 8.78 Å². The summed E-state index contributed by atoms with van der Waals surface area (Å²) in [5.74, 6) is -2.23. The maximum Gasteiger partial charge on any atom is 0.248 e. The van der Waals surface area contributed by atoms with Crippen LogP contribution in [0.1, 0.15) is 55.3 Å². The zero-order valence-corrected chi connectivity index (χ0v) is 17.9. The normalized spacial score (nSPS) is 18.7. The molecular formula is C23H23F2N7O. The summed E-state index contributed by atoms with van der Waals surface area (Å²) in [6.45, 7) is 0. The van der Waals surface area contributed by atoms with Gasteiger partial charge in [-0.3, -0.25) is 14.3 Å². The second-order valence-corrected chi connectivity index (χ2v) is 8.62. The van der Waals surface area contributed by atoms with E-state index in [1.165, 1.54) is 0 Å². The number of aromatic nitrogens is 7. The molecule has 1 aliphatic rings. The maximum absolute atomic E-state index is 13.8. The van der Waals surface area contributed by atoms with E-state index in [1.807, 2.05) is 29.0 Å². The number of nitrogens with one attached hydrogen (secondary N) is 1. The summed E-state index contributed by atoms with van der Waals surface area (Å²) >= 11 is 0. The Labute approximate surface area is 188 Å². The maximum atomic E-state index is 13.8. The lowest BCUT2D eigenvalue weighted by Gasteiger charge is -2.24. The molecule has 0 amide bonds. The van der Waals surface area contributed by atoms with Crippen molar-refractivity contribution in [2.75, 3.05) is 0 Å². The van der Waals surface area contributed by atoms with Gasteiger partial charge >= 0.3 is 0 Å². The Morgan fingerprint density at radius 2 is 2.06 bits per heavy atom. The number of Topliss-reactive ketones (excluding diaryl/α,β-unsaturated/α-hetero) is 1. The summed E-state index contributed by atoms with van der Waals surface area (Å²) < 4.78 is 29.4. The van der Waals surface area contributed by atoms with E-state index in [4.69, 9.17) is 0 Å². The zero-order valence-electron chi connectivity index (χ0n) is 17.9. The molecule has 0 spiro atoms. The quantitative estimate of drug-likeness (QED) is 0.438. The van der Waals surface area contributed by atoms with Crippen molar-refractivity contribution in [3.8, 4) is 17.1 Å². The van der Waals surface area contributed by atoms with E-state index in [2.05, 4.69) is 30.6 Å². The summed E-state index contributed by atoms with van der Waals surface area (Å²) in [6.07, 6.45) is 9.33. The molecule has 1 N–H and O–H groups in total. The van der Waals surface area contributed by atoms with Crippen LogP contribution in [0.3, 0.4) is 0 Å². The van der Waals surface area contributed by atoms with Crippen LogP contribution < -0.4 is 0 Å². The van der Waals surface area contributed by atoms with Gasteiger partial charge in [-0.1, -0.05) is 12.8 Å². The van der Waals surface area contributed by atoms with Crippen molar-refractivity contribution in [1.82, 2.24) is 35.2 Å². The number of carbonyl (C=O) groups is 1.